The van der Waals surface area contributed by atoms with Crippen LogP contribution in [0, 0.1) is 6.57 Å². The fourth-order valence-electron chi connectivity index (χ4n) is 1.00. The van der Waals surface area contributed by atoms with E-state index in [4.69, 9.17) is 6.57 Å². The van der Waals surface area contributed by atoms with Crippen molar-refractivity contribution in [3.8, 4) is 0 Å². The van der Waals surface area contributed by atoms with Crippen LogP contribution in [0.15, 0.2) is 6.07 Å². The first-order chi connectivity index (χ1) is 4.90. The standard InChI is InChI=1S/C7H5NS2/c1-8-7-2-5-3-9-4-6(5)10-7/h2H,3-4H2. The topological polar surface area (TPSA) is 4.36 Å². The van der Waals surface area contributed by atoms with Crippen LogP contribution in [0.2, 0.25) is 0 Å². The van der Waals surface area contributed by atoms with Gasteiger partial charge in [0.25, 0.3) is 0 Å². The SMILES string of the molecule is [C-]#[N+]c1cc2c(s1)CSC2. The second kappa shape index (κ2) is 2.30. The van der Waals surface area contributed by atoms with Crippen LogP contribution in [0.25, 0.3) is 4.85 Å². The second-order valence-corrected chi connectivity index (χ2v) is 4.24. The first-order valence-corrected chi connectivity index (χ1v) is 4.94. The van der Waals surface area contributed by atoms with Crippen molar-refractivity contribution in [1.82, 2.24) is 0 Å². The zero-order valence-corrected chi connectivity index (χ0v) is 6.89. The largest absolute Gasteiger partial charge is 0.241 e. The lowest BCUT2D eigenvalue weighted by molar-refractivity contribution is 1.45. The Hall–Kier alpha value is -0.460. The molecule has 0 unspecified atom stereocenters. The Bertz CT molecular complexity index is 274. The van der Waals surface area contributed by atoms with E-state index in [1.165, 1.54) is 10.4 Å². The highest BCUT2D eigenvalue weighted by Crippen LogP contribution is 2.39. The second-order valence-electron chi connectivity index (χ2n) is 2.14. The first-order valence-electron chi connectivity index (χ1n) is 2.97. The average Bonchev–Trinajstić information content (AvgIpc) is 2.42. The zero-order valence-electron chi connectivity index (χ0n) is 5.26. The van der Waals surface area contributed by atoms with Crippen molar-refractivity contribution >= 4 is 28.1 Å². The van der Waals surface area contributed by atoms with Crippen molar-refractivity contribution < 1.29 is 0 Å². The highest BCUT2D eigenvalue weighted by atomic mass is 32.2. The predicted octanol–water partition coefficient (Wildman–Crippen LogP) is 3.05. The molecular formula is C7H5NS2. The van der Waals surface area contributed by atoms with E-state index in [1.807, 2.05) is 17.8 Å². The van der Waals surface area contributed by atoms with Gasteiger partial charge in [-0.3, -0.25) is 0 Å². The summed E-state index contributed by atoms with van der Waals surface area (Å²) in [5.74, 6) is 2.23. The summed E-state index contributed by atoms with van der Waals surface area (Å²) in [5.41, 5.74) is 1.39. The number of fused-ring (bicyclic) bond motifs is 1. The third-order valence-corrected chi connectivity index (χ3v) is 3.75. The number of nitrogens with zero attached hydrogens (tertiary/aromatic N) is 1. The van der Waals surface area contributed by atoms with Crippen molar-refractivity contribution in [3.63, 3.8) is 0 Å². The van der Waals surface area contributed by atoms with Crippen molar-refractivity contribution in [3.05, 3.63) is 27.9 Å². The lowest BCUT2D eigenvalue weighted by atomic mass is 10.3. The number of rotatable bonds is 0. The summed E-state index contributed by atoms with van der Waals surface area (Å²) in [6.45, 7) is 6.78. The summed E-state index contributed by atoms with van der Waals surface area (Å²) >= 11 is 3.58. The van der Waals surface area contributed by atoms with Gasteiger partial charge in [0.05, 0.1) is 6.57 Å². The molecule has 2 heterocycles. The first kappa shape index (κ1) is 6.26. The van der Waals surface area contributed by atoms with Crippen molar-refractivity contribution in [2.75, 3.05) is 0 Å². The molecule has 1 aromatic rings. The van der Waals surface area contributed by atoms with E-state index in [1.54, 1.807) is 11.3 Å². The molecule has 1 aromatic heterocycles. The van der Waals surface area contributed by atoms with Crippen LogP contribution in [0.5, 0.6) is 0 Å². The molecule has 1 aliphatic heterocycles. The third-order valence-electron chi connectivity index (χ3n) is 1.48. The Morgan fingerprint density at radius 3 is 3.10 bits per heavy atom. The minimum absolute atomic E-state index is 0.852. The summed E-state index contributed by atoms with van der Waals surface area (Å²) in [5, 5.41) is 0.852. The summed E-state index contributed by atoms with van der Waals surface area (Å²) in [6, 6.07) is 2.02. The Morgan fingerprint density at radius 2 is 2.40 bits per heavy atom. The van der Waals surface area contributed by atoms with Crippen LogP contribution in [0.4, 0.5) is 5.00 Å². The molecule has 0 saturated heterocycles. The maximum Gasteiger partial charge on any atom is 0.241 e. The van der Waals surface area contributed by atoms with Gasteiger partial charge in [0.15, 0.2) is 0 Å². The Labute approximate surface area is 67.9 Å². The number of thiophene rings is 1. The third kappa shape index (κ3) is 0.845. The van der Waals surface area contributed by atoms with Gasteiger partial charge in [-0.1, -0.05) is 0 Å². The molecule has 0 atom stereocenters. The molecule has 50 valence electrons. The van der Waals surface area contributed by atoms with Gasteiger partial charge in [0, 0.05) is 16.4 Å². The molecule has 3 heteroatoms. The number of thioether (sulfide) groups is 1. The number of hydrogen-bond acceptors (Lipinski definition) is 2. The molecule has 2 rings (SSSR count). The van der Waals surface area contributed by atoms with E-state index in [-0.39, 0.29) is 0 Å². The van der Waals surface area contributed by atoms with Crippen LogP contribution in [0.1, 0.15) is 10.4 Å². The molecule has 10 heavy (non-hydrogen) atoms. The molecule has 0 N–H and O–H groups in total. The van der Waals surface area contributed by atoms with Crippen molar-refractivity contribution in [2.24, 2.45) is 0 Å². The Balaban J connectivity index is 2.49. The Morgan fingerprint density at radius 1 is 1.50 bits per heavy atom. The average molecular weight is 167 g/mol. The quantitative estimate of drug-likeness (QED) is 0.537. The predicted molar refractivity (Wildman–Crippen MR) is 45.6 cm³/mol. The fourth-order valence-corrected chi connectivity index (χ4v) is 3.29. The molecule has 0 aromatic carbocycles. The van der Waals surface area contributed by atoms with Crippen LogP contribution >= 0.6 is 23.1 Å². The van der Waals surface area contributed by atoms with E-state index in [0.717, 1.165) is 16.5 Å². The van der Waals surface area contributed by atoms with Crippen molar-refractivity contribution in [1.29, 1.82) is 0 Å². The van der Waals surface area contributed by atoms with Crippen LogP contribution in [-0.4, -0.2) is 0 Å². The highest BCUT2D eigenvalue weighted by Gasteiger charge is 2.13. The summed E-state index contributed by atoms with van der Waals surface area (Å²) < 4.78 is 0. The van der Waals surface area contributed by atoms with E-state index in [2.05, 4.69) is 4.85 Å². The van der Waals surface area contributed by atoms with Gasteiger partial charge in [-0.2, -0.15) is 23.1 Å². The van der Waals surface area contributed by atoms with Gasteiger partial charge in [-0.25, -0.2) is 4.85 Å². The van der Waals surface area contributed by atoms with Gasteiger partial charge in [-0.05, 0) is 11.6 Å². The molecule has 0 spiro atoms. The minimum Gasteiger partial charge on any atom is -0.227 e. The molecule has 1 nitrogen and oxygen atoms in total. The lowest BCUT2D eigenvalue weighted by Crippen LogP contribution is -1.65. The maximum atomic E-state index is 6.78. The zero-order chi connectivity index (χ0) is 6.97. The van der Waals surface area contributed by atoms with Gasteiger partial charge < -0.3 is 0 Å². The van der Waals surface area contributed by atoms with E-state index in [0.29, 0.717) is 0 Å². The normalized spacial score (nSPS) is 14.7. The van der Waals surface area contributed by atoms with Crippen molar-refractivity contribution in [2.45, 2.75) is 11.5 Å². The monoisotopic (exact) mass is 167 g/mol. The summed E-state index contributed by atoms with van der Waals surface area (Å²) in [7, 11) is 0. The molecule has 0 bridgehead atoms. The molecule has 0 saturated carbocycles. The van der Waals surface area contributed by atoms with Gasteiger partial charge >= 0.3 is 0 Å². The van der Waals surface area contributed by atoms with Gasteiger partial charge in [-0.15, -0.1) is 0 Å². The van der Waals surface area contributed by atoms with Gasteiger partial charge in [0.2, 0.25) is 5.00 Å². The van der Waals surface area contributed by atoms with E-state index >= 15 is 0 Å². The van der Waals surface area contributed by atoms with E-state index in [9.17, 15) is 0 Å². The van der Waals surface area contributed by atoms with Gasteiger partial charge in [0.1, 0.15) is 0 Å². The smallest absolute Gasteiger partial charge is 0.227 e. The van der Waals surface area contributed by atoms with Crippen LogP contribution in [-0.2, 0) is 11.5 Å². The molecule has 1 aliphatic rings. The maximum absolute atomic E-state index is 6.78. The van der Waals surface area contributed by atoms with Crippen LogP contribution in [0.3, 0.4) is 0 Å². The number of hydrogen-bond donors (Lipinski definition) is 0. The minimum atomic E-state index is 0.852. The van der Waals surface area contributed by atoms with Crippen LogP contribution < -0.4 is 0 Å². The summed E-state index contributed by atoms with van der Waals surface area (Å²) in [4.78, 5) is 4.81. The summed E-state index contributed by atoms with van der Waals surface area (Å²) in [6.07, 6.45) is 0. The molecule has 0 radical (unpaired) electrons. The Kier molecular flexibility index (Phi) is 1.44. The fraction of sp³-hybridized carbons (Fsp3) is 0.286. The molecule has 0 amide bonds. The molecule has 0 aliphatic carbocycles. The molecular weight excluding hydrogens is 162 g/mol. The lowest BCUT2D eigenvalue weighted by Gasteiger charge is -1.80. The van der Waals surface area contributed by atoms with E-state index < -0.39 is 0 Å². The highest BCUT2D eigenvalue weighted by molar-refractivity contribution is 7.98. The molecule has 0 fully saturated rings.